The summed E-state index contributed by atoms with van der Waals surface area (Å²) >= 11 is 0. The van der Waals surface area contributed by atoms with Crippen LogP contribution < -0.4 is 0 Å². The zero-order chi connectivity index (χ0) is 47.4. The molecule has 360 valence electrons. The Morgan fingerprint density at radius 2 is 0.953 bits per heavy atom. The maximum absolute atomic E-state index is 12.7. The molecule has 0 bridgehead atoms. The largest absolute Gasteiger partial charge is 0.472 e. The minimum atomic E-state index is -4.90. The van der Waals surface area contributed by atoms with Gasteiger partial charge in [0.25, 0.3) is 0 Å². The molecule has 0 saturated carbocycles. The van der Waals surface area contributed by atoms with Gasteiger partial charge in [-0.15, -0.1) is 0 Å². The molecule has 64 heavy (non-hydrogen) atoms. The molecule has 0 aromatic carbocycles. The number of rotatable bonds is 39. The van der Waals surface area contributed by atoms with Gasteiger partial charge in [-0.2, -0.15) is 0 Å². The Balaban J connectivity index is 4.85. The lowest BCUT2D eigenvalue weighted by atomic mass is 10.1. The van der Waals surface area contributed by atoms with E-state index in [1.807, 2.05) is 36.5 Å². The summed E-state index contributed by atoms with van der Waals surface area (Å²) in [5.41, 5.74) is 0. The van der Waals surface area contributed by atoms with Crippen molar-refractivity contribution >= 4 is 27.6 Å². The number of ether oxygens (including phenoxy) is 2. The second-order valence-corrected chi connectivity index (χ2v) is 16.7. The summed E-state index contributed by atoms with van der Waals surface area (Å²) in [6.45, 7) is 1.19. The highest BCUT2D eigenvalue weighted by molar-refractivity contribution is 7.47. The molecule has 0 aliphatic rings. The van der Waals surface area contributed by atoms with Gasteiger partial charge in [-0.3, -0.25) is 23.2 Å². The lowest BCUT2D eigenvalue weighted by Crippen LogP contribution is -2.30. The predicted octanol–water partition coefficient (Wildman–Crippen LogP) is 10.4. The van der Waals surface area contributed by atoms with Crippen LogP contribution >= 0.6 is 15.6 Å². The Labute approximate surface area is 381 Å². The molecule has 0 heterocycles. The van der Waals surface area contributed by atoms with Crippen molar-refractivity contribution in [3.8, 4) is 0 Å². The van der Waals surface area contributed by atoms with Gasteiger partial charge < -0.3 is 34.4 Å². The fourth-order valence-corrected chi connectivity index (χ4v) is 6.03. The van der Waals surface area contributed by atoms with Gasteiger partial charge in [0.2, 0.25) is 0 Å². The number of carbonyl (C=O) groups is 2. The normalized spacial score (nSPS) is 15.7. The fourth-order valence-electron chi connectivity index (χ4n) is 4.87. The Hall–Kier alpha value is -3.78. The van der Waals surface area contributed by atoms with E-state index in [1.54, 1.807) is 12.2 Å². The number of hydrogen-bond acceptors (Lipinski definition) is 11. The molecular weight excluding hydrogens is 862 g/mol. The van der Waals surface area contributed by atoms with E-state index in [1.165, 1.54) is 0 Å². The first-order valence-corrected chi connectivity index (χ1v) is 25.0. The molecule has 16 heteroatoms. The lowest BCUT2D eigenvalue weighted by Gasteiger charge is -2.20. The lowest BCUT2D eigenvalue weighted by molar-refractivity contribution is -0.161. The SMILES string of the molecule is CC/C=C\C/C=C\C/C=C\C/C=C\C=C\C(O)CCCC(=O)OC[C@H](COP(=O)(O)OC[C@@H](O)COP(=O)(O)O)OC(=O)CC/C=C\C/C=C\C/C=C\C/C=C\C/C=C\C/C=C\CC. The summed E-state index contributed by atoms with van der Waals surface area (Å²) in [6.07, 6.45) is 50.6. The Morgan fingerprint density at radius 1 is 0.516 bits per heavy atom. The second-order valence-electron chi connectivity index (χ2n) is 14.1. The van der Waals surface area contributed by atoms with Gasteiger partial charge in [0.05, 0.1) is 25.9 Å². The Morgan fingerprint density at radius 3 is 1.44 bits per heavy atom. The van der Waals surface area contributed by atoms with Crippen LogP contribution in [0.1, 0.15) is 110 Å². The first-order valence-electron chi connectivity index (χ1n) is 22.0. The summed E-state index contributed by atoms with van der Waals surface area (Å²) in [5.74, 6) is -1.35. The highest BCUT2D eigenvalue weighted by Crippen LogP contribution is 2.43. The van der Waals surface area contributed by atoms with E-state index < -0.39 is 72.3 Å². The molecule has 4 atom stereocenters. The first kappa shape index (κ1) is 60.2. The number of aliphatic hydroxyl groups is 2. The summed E-state index contributed by atoms with van der Waals surface area (Å²) in [5, 5.41) is 20.0. The second kappa shape index (κ2) is 41.9. The van der Waals surface area contributed by atoms with Crippen molar-refractivity contribution < 1.29 is 66.7 Å². The Kier molecular flexibility index (Phi) is 39.4. The molecule has 2 unspecified atom stereocenters. The maximum Gasteiger partial charge on any atom is 0.472 e. The zero-order valence-corrected chi connectivity index (χ0v) is 39.5. The van der Waals surface area contributed by atoms with Crippen molar-refractivity contribution in [3.63, 3.8) is 0 Å². The van der Waals surface area contributed by atoms with E-state index in [0.29, 0.717) is 19.3 Å². The maximum atomic E-state index is 12.7. The number of aliphatic hydroxyl groups excluding tert-OH is 2. The molecule has 0 aliphatic heterocycles. The quantitative estimate of drug-likeness (QED) is 0.0168. The van der Waals surface area contributed by atoms with Gasteiger partial charge in [0.15, 0.2) is 6.10 Å². The third-order valence-corrected chi connectivity index (χ3v) is 9.58. The molecule has 0 fully saturated rings. The molecule has 14 nitrogen and oxygen atoms in total. The fraction of sp³-hybridized carbons (Fsp3) is 0.500. The van der Waals surface area contributed by atoms with Crippen molar-refractivity contribution in [2.45, 2.75) is 128 Å². The molecule has 5 N–H and O–H groups in total. The van der Waals surface area contributed by atoms with Crippen molar-refractivity contribution in [2.24, 2.45) is 0 Å². The van der Waals surface area contributed by atoms with E-state index in [2.05, 4.69) is 108 Å². The van der Waals surface area contributed by atoms with E-state index in [-0.39, 0.29) is 19.3 Å². The first-order chi connectivity index (χ1) is 30.8. The predicted molar refractivity (Wildman–Crippen MR) is 254 cm³/mol. The summed E-state index contributed by atoms with van der Waals surface area (Å²) < 4.78 is 47.5. The monoisotopic (exact) mass is 936 g/mol. The average Bonchev–Trinajstić information content (AvgIpc) is 3.25. The van der Waals surface area contributed by atoms with Gasteiger partial charge in [-0.25, -0.2) is 9.13 Å². The number of phosphoric acid groups is 2. The molecule has 0 radical (unpaired) electrons. The number of esters is 2. The number of hydrogen-bond donors (Lipinski definition) is 5. The molecule has 0 aliphatic carbocycles. The van der Waals surface area contributed by atoms with Gasteiger partial charge in [-0.05, 0) is 83.5 Å². The van der Waals surface area contributed by atoms with Crippen molar-refractivity contribution in [1.82, 2.24) is 0 Å². The van der Waals surface area contributed by atoms with E-state index in [0.717, 1.165) is 57.8 Å². The van der Waals surface area contributed by atoms with Crippen LogP contribution in [0.3, 0.4) is 0 Å². The Bertz CT molecular complexity index is 1650. The van der Waals surface area contributed by atoms with Gasteiger partial charge in [0, 0.05) is 12.8 Å². The summed E-state index contributed by atoms with van der Waals surface area (Å²) in [6, 6.07) is 0. The minimum Gasteiger partial charge on any atom is -0.462 e. The molecule has 0 saturated heterocycles. The third-order valence-electron chi connectivity index (χ3n) is 8.14. The smallest absolute Gasteiger partial charge is 0.462 e. The van der Waals surface area contributed by atoms with E-state index in [4.69, 9.17) is 23.8 Å². The van der Waals surface area contributed by atoms with Crippen LogP contribution in [0.25, 0.3) is 0 Å². The van der Waals surface area contributed by atoms with Crippen LogP contribution in [0.2, 0.25) is 0 Å². The standard InChI is InChI=1S/C48H74O14P2/c1-3-5-7-9-11-13-15-17-18-19-20-21-22-24-26-28-30-32-34-38-48(52)62-46(43-61-64(56,57)60-41-45(50)40-59-63(53,54)55)42-58-47(51)39-35-37-44(49)36-33-31-29-27-25-23-16-14-12-10-8-6-4-2/h5-8,11-14,17-18,20-21,23-26,29-33,36,44-46,49-50H,3-4,9-10,15-16,19,22,27-28,34-35,37-43H2,1-2H3,(H,56,57)(H2,53,54,55)/b7-5-,8-6-,13-11-,14-12-,18-17-,21-20-,25-23-,26-24-,31-29-,32-30-,36-33+/t44?,45-,46+/m0/s1. The van der Waals surface area contributed by atoms with E-state index in [9.17, 15) is 33.8 Å². The van der Waals surface area contributed by atoms with Crippen LogP contribution in [0.15, 0.2) is 134 Å². The van der Waals surface area contributed by atoms with Gasteiger partial charge in [-0.1, -0.05) is 148 Å². The van der Waals surface area contributed by atoms with Crippen LogP contribution in [-0.2, 0) is 41.8 Å². The summed E-state index contributed by atoms with van der Waals surface area (Å²) in [7, 11) is -9.78. The van der Waals surface area contributed by atoms with Crippen LogP contribution in [0.4, 0.5) is 0 Å². The molecule has 0 aromatic heterocycles. The van der Waals surface area contributed by atoms with E-state index >= 15 is 0 Å². The zero-order valence-electron chi connectivity index (χ0n) is 37.7. The highest BCUT2D eigenvalue weighted by Gasteiger charge is 2.28. The third kappa shape index (κ3) is 44.8. The van der Waals surface area contributed by atoms with Gasteiger partial charge in [0.1, 0.15) is 12.7 Å². The average molecular weight is 937 g/mol. The number of phosphoric ester groups is 2. The summed E-state index contributed by atoms with van der Waals surface area (Å²) in [4.78, 5) is 52.7. The minimum absolute atomic E-state index is 0.0437. The van der Waals surface area contributed by atoms with Crippen molar-refractivity contribution in [1.29, 1.82) is 0 Å². The number of carbonyl (C=O) groups excluding carboxylic acids is 2. The molecule has 0 rings (SSSR count). The van der Waals surface area contributed by atoms with Gasteiger partial charge >= 0.3 is 27.6 Å². The van der Waals surface area contributed by atoms with Crippen LogP contribution in [0, 0.1) is 0 Å². The van der Waals surface area contributed by atoms with Crippen LogP contribution in [0.5, 0.6) is 0 Å². The van der Waals surface area contributed by atoms with Crippen LogP contribution in [-0.4, -0.2) is 81.6 Å². The highest BCUT2D eigenvalue weighted by atomic mass is 31.2. The number of allylic oxidation sites excluding steroid dienone is 21. The molecule has 0 amide bonds. The molecule has 0 aromatic rings. The molecule has 0 spiro atoms. The molecular formula is C48H74O14P2. The van der Waals surface area contributed by atoms with Crippen molar-refractivity contribution in [2.75, 3.05) is 26.4 Å². The topological polar surface area (TPSA) is 216 Å². The van der Waals surface area contributed by atoms with Crippen molar-refractivity contribution in [3.05, 3.63) is 134 Å².